The minimum atomic E-state index is -0.314. The monoisotopic (exact) mass is 271 g/mol. The molecule has 1 N–H and O–H groups in total. The fraction of sp³-hybridized carbons (Fsp3) is 0.500. The molecule has 0 bridgehead atoms. The van der Waals surface area contributed by atoms with Crippen LogP contribution in [0.25, 0.3) is 0 Å². The maximum atomic E-state index is 9.60. The second kappa shape index (κ2) is 6.13. The predicted molar refractivity (Wildman–Crippen MR) is 68.9 cm³/mol. The largest absolute Gasteiger partial charge is 0.390 e. The van der Waals surface area contributed by atoms with Gasteiger partial charge in [-0.05, 0) is 31.5 Å². The minimum Gasteiger partial charge on any atom is -0.390 e. The number of likely N-dealkylation sites (N-methyl/N-ethyl adjacent to an activating group) is 1. The Morgan fingerprint density at radius 2 is 2.20 bits per heavy atom. The molecule has 0 saturated carbocycles. The van der Waals surface area contributed by atoms with Crippen molar-refractivity contribution in [3.05, 3.63) is 29.8 Å². The van der Waals surface area contributed by atoms with E-state index in [-0.39, 0.29) is 6.10 Å². The lowest BCUT2D eigenvalue weighted by molar-refractivity contribution is 0.206. The number of aliphatic hydroxyl groups is 1. The third-order valence-corrected chi connectivity index (χ3v) is 3.11. The van der Waals surface area contributed by atoms with Crippen molar-refractivity contribution in [2.24, 2.45) is 0 Å². The van der Waals surface area contributed by atoms with E-state index in [4.69, 9.17) is 0 Å². The Morgan fingerprint density at radius 3 is 2.73 bits per heavy atom. The third-order valence-electron chi connectivity index (χ3n) is 2.36. The van der Waals surface area contributed by atoms with Crippen molar-refractivity contribution in [1.82, 2.24) is 0 Å². The first-order chi connectivity index (χ1) is 7.17. The lowest BCUT2D eigenvalue weighted by Crippen LogP contribution is -2.33. The number of rotatable bonds is 5. The maximum absolute atomic E-state index is 9.60. The van der Waals surface area contributed by atoms with Gasteiger partial charge in [-0.2, -0.15) is 0 Å². The molecule has 0 fully saturated rings. The zero-order chi connectivity index (χ0) is 11.3. The summed E-state index contributed by atoms with van der Waals surface area (Å²) < 4.78 is 0. The summed E-state index contributed by atoms with van der Waals surface area (Å²) in [5, 5.41) is 10.2. The Bertz CT molecular complexity index is 303. The molecule has 0 radical (unpaired) electrons. The average Bonchev–Trinajstić information content (AvgIpc) is 2.25. The number of aliphatic hydroxyl groups excluding tert-OH is 1. The summed E-state index contributed by atoms with van der Waals surface area (Å²) in [6, 6.07) is 8.36. The van der Waals surface area contributed by atoms with Crippen LogP contribution in [0.1, 0.15) is 12.5 Å². The van der Waals surface area contributed by atoms with Gasteiger partial charge in [-0.25, -0.2) is 0 Å². The minimum absolute atomic E-state index is 0.314. The van der Waals surface area contributed by atoms with E-state index in [1.165, 1.54) is 11.3 Å². The Kier molecular flexibility index (Phi) is 5.12. The van der Waals surface area contributed by atoms with Crippen molar-refractivity contribution in [2.45, 2.75) is 20.0 Å². The van der Waals surface area contributed by atoms with Gasteiger partial charge in [-0.3, -0.25) is 0 Å². The highest BCUT2D eigenvalue weighted by atomic mass is 79.9. The zero-order valence-electron chi connectivity index (χ0n) is 9.28. The van der Waals surface area contributed by atoms with E-state index in [1.54, 1.807) is 0 Å². The molecule has 1 aromatic rings. The van der Waals surface area contributed by atoms with Crippen molar-refractivity contribution in [1.29, 1.82) is 0 Å². The second-order valence-corrected chi connectivity index (χ2v) is 4.33. The van der Waals surface area contributed by atoms with Crippen molar-refractivity contribution < 1.29 is 5.11 Å². The number of hydrogen-bond donors (Lipinski definition) is 1. The molecule has 2 nitrogen and oxygen atoms in total. The van der Waals surface area contributed by atoms with E-state index in [1.807, 2.05) is 6.07 Å². The molecule has 15 heavy (non-hydrogen) atoms. The van der Waals surface area contributed by atoms with Crippen molar-refractivity contribution in [3.8, 4) is 0 Å². The molecule has 0 aliphatic carbocycles. The van der Waals surface area contributed by atoms with Gasteiger partial charge >= 0.3 is 0 Å². The van der Waals surface area contributed by atoms with E-state index in [9.17, 15) is 5.11 Å². The first kappa shape index (κ1) is 12.5. The second-order valence-electron chi connectivity index (χ2n) is 3.69. The van der Waals surface area contributed by atoms with Gasteiger partial charge in [0.05, 0.1) is 6.10 Å². The summed E-state index contributed by atoms with van der Waals surface area (Å²) in [6.45, 7) is 5.76. The highest BCUT2D eigenvalue weighted by Crippen LogP contribution is 2.16. The molecular weight excluding hydrogens is 254 g/mol. The van der Waals surface area contributed by atoms with Crippen LogP contribution in [0.3, 0.4) is 0 Å². The molecule has 3 heteroatoms. The number of nitrogens with zero attached hydrogens (tertiary/aromatic N) is 1. The van der Waals surface area contributed by atoms with Crippen molar-refractivity contribution in [3.63, 3.8) is 0 Å². The summed E-state index contributed by atoms with van der Waals surface area (Å²) >= 11 is 3.28. The molecule has 1 unspecified atom stereocenters. The van der Waals surface area contributed by atoms with Crippen LogP contribution in [0.2, 0.25) is 0 Å². The average molecular weight is 272 g/mol. The number of alkyl halides is 1. The predicted octanol–water partition coefficient (Wildman–Crippen LogP) is 2.58. The van der Waals surface area contributed by atoms with Crippen molar-refractivity contribution in [2.75, 3.05) is 23.3 Å². The number of aryl methyl sites for hydroxylation is 1. The van der Waals surface area contributed by atoms with E-state index in [2.05, 4.69) is 52.9 Å². The van der Waals surface area contributed by atoms with E-state index in [0.717, 1.165) is 6.54 Å². The molecule has 1 rings (SSSR count). The fourth-order valence-electron chi connectivity index (χ4n) is 1.54. The summed E-state index contributed by atoms with van der Waals surface area (Å²) in [4.78, 5) is 2.18. The van der Waals surface area contributed by atoms with Gasteiger partial charge in [0.15, 0.2) is 0 Å². The lowest BCUT2D eigenvalue weighted by atomic mass is 10.2. The maximum Gasteiger partial charge on any atom is 0.0811 e. The van der Waals surface area contributed by atoms with Crippen molar-refractivity contribution >= 4 is 21.6 Å². The Morgan fingerprint density at radius 1 is 1.47 bits per heavy atom. The molecular formula is C12H18BrNO. The number of anilines is 1. The van der Waals surface area contributed by atoms with Crippen LogP contribution in [0.5, 0.6) is 0 Å². The van der Waals surface area contributed by atoms with Gasteiger partial charge in [-0.15, -0.1) is 0 Å². The van der Waals surface area contributed by atoms with Crippen LogP contribution in [-0.4, -0.2) is 29.6 Å². The van der Waals surface area contributed by atoms with E-state index >= 15 is 0 Å². The van der Waals surface area contributed by atoms with Gasteiger partial charge < -0.3 is 10.0 Å². The van der Waals surface area contributed by atoms with Crippen LogP contribution < -0.4 is 4.90 Å². The molecule has 1 aromatic carbocycles. The van der Waals surface area contributed by atoms with Gasteiger partial charge in [0.2, 0.25) is 0 Å². The topological polar surface area (TPSA) is 23.5 Å². The molecule has 0 heterocycles. The summed E-state index contributed by atoms with van der Waals surface area (Å²) in [5.74, 6) is 0. The fourth-order valence-corrected chi connectivity index (χ4v) is 1.75. The van der Waals surface area contributed by atoms with Crippen LogP contribution in [0.15, 0.2) is 24.3 Å². The van der Waals surface area contributed by atoms with Gasteiger partial charge in [0.25, 0.3) is 0 Å². The Hall–Kier alpha value is -0.540. The normalized spacial score (nSPS) is 12.5. The summed E-state index contributed by atoms with van der Waals surface area (Å²) in [5.41, 5.74) is 2.43. The number of benzene rings is 1. The van der Waals surface area contributed by atoms with Crippen LogP contribution in [0, 0.1) is 6.92 Å². The van der Waals surface area contributed by atoms with Gasteiger partial charge in [0.1, 0.15) is 0 Å². The molecule has 0 amide bonds. The quantitative estimate of drug-likeness (QED) is 0.833. The first-order valence-electron chi connectivity index (χ1n) is 5.23. The van der Waals surface area contributed by atoms with Gasteiger partial charge in [0, 0.05) is 24.1 Å². The van der Waals surface area contributed by atoms with Gasteiger partial charge in [-0.1, -0.05) is 28.1 Å². The highest BCUT2D eigenvalue weighted by molar-refractivity contribution is 9.09. The smallest absolute Gasteiger partial charge is 0.0811 e. The Labute approximate surface area is 100 Å². The molecule has 0 aromatic heterocycles. The lowest BCUT2D eigenvalue weighted by Gasteiger charge is -2.25. The zero-order valence-corrected chi connectivity index (χ0v) is 10.9. The molecule has 0 aliphatic heterocycles. The van der Waals surface area contributed by atoms with Crippen LogP contribution >= 0.6 is 15.9 Å². The molecule has 84 valence electrons. The molecule has 1 atom stereocenters. The van der Waals surface area contributed by atoms with Crippen LogP contribution in [-0.2, 0) is 0 Å². The standard InChI is InChI=1S/C12H18BrNO/c1-3-14(9-12(15)8-13)11-6-4-5-10(2)7-11/h4-7,12,15H,3,8-9H2,1-2H3. The number of hydrogen-bond acceptors (Lipinski definition) is 2. The molecule has 0 saturated heterocycles. The molecule has 0 spiro atoms. The van der Waals surface area contributed by atoms with Crippen LogP contribution in [0.4, 0.5) is 5.69 Å². The summed E-state index contributed by atoms with van der Waals surface area (Å²) in [7, 11) is 0. The van der Waals surface area contributed by atoms with E-state index < -0.39 is 0 Å². The van der Waals surface area contributed by atoms with E-state index in [0.29, 0.717) is 11.9 Å². The summed E-state index contributed by atoms with van der Waals surface area (Å²) in [6.07, 6.45) is -0.314. The third kappa shape index (κ3) is 3.84. The Balaban J connectivity index is 2.73. The first-order valence-corrected chi connectivity index (χ1v) is 6.35. The molecule has 0 aliphatic rings. The number of halogens is 1. The SMILES string of the molecule is CCN(CC(O)CBr)c1cccc(C)c1. The highest BCUT2D eigenvalue weighted by Gasteiger charge is 2.09.